The number of hydrogen-bond donors (Lipinski definition) is 1. The third-order valence-electron chi connectivity index (χ3n) is 4.25. The first kappa shape index (κ1) is 16.9. The Kier molecular flexibility index (Phi) is 4.60. The van der Waals surface area contributed by atoms with E-state index in [1.54, 1.807) is 0 Å². The number of thiophene rings is 1. The van der Waals surface area contributed by atoms with Gasteiger partial charge < -0.3 is 5.32 Å². The van der Waals surface area contributed by atoms with Gasteiger partial charge in [0.15, 0.2) is 14.8 Å². The second-order valence-electron chi connectivity index (χ2n) is 5.98. The minimum atomic E-state index is -3.46. The first-order chi connectivity index (χ1) is 11.4. The van der Waals surface area contributed by atoms with Gasteiger partial charge >= 0.3 is 5.69 Å². The Bertz CT molecular complexity index is 874. The van der Waals surface area contributed by atoms with Crippen LogP contribution in [0.4, 0.5) is 10.7 Å². The van der Waals surface area contributed by atoms with Crippen LogP contribution in [0, 0.1) is 10.1 Å². The van der Waals surface area contributed by atoms with Crippen molar-refractivity contribution in [2.45, 2.75) is 29.4 Å². The highest BCUT2D eigenvalue weighted by atomic mass is 32.2. The van der Waals surface area contributed by atoms with E-state index in [1.807, 2.05) is 12.1 Å². The number of rotatable bonds is 5. The molecule has 0 saturated heterocycles. The number of anilines is 1. The Morgan fingerprint density at radius 1 is 1.38 bits per heavy atom. The molecule has 1 aromatic carbocycles. The molecular formula is C16H18N2O4S2. The van der Waals surface area contributed by atoms with Crippen LogP contribution in [0.15, 0.2) is 34.5 Å². The zero-order valence-corrected chi connectivity index (χ0v) is 14.8. The molecule has 2 aromatic rings. The summed E-state index contributed by atoms with van der Waals surface area (Å²) in [5, 5.41) is 14.6. The lowest BCUT2D eigenvalue weighted by Crippen LogP contribution is -2.18. The van der Waals surface area contributed by atoms with E-state index < -0.39 is 14.8 Å². The summed E-state index contributed by atoms with van der Waals surface area (Å²) in [7, 11) is -3.46. The average Bonchev–Trinajstić information content (AvgIpc) is 2.97. The second kappa shape index (κ2) is 6.52. The first-order valence-corrected chi connectivity index (χ1v) is 10.4. The lowest BCUT2D eigenvalue weighted by atomic mass is 9.83. The van der Waals surface area contributed by atoms with E-state index >= 15 is 0 Å². The molecule has 0 amide bonds. The molecule has 0 spiro atoms. The first-order valence-electron chi connectivity index (χ1n) is 7.66. The normalized spacial score (nSPS) is 17.3. The van der Waals surface area contributed by atoms with Gasteiger partial charge in [0.2, 0.25) is 0 Å². The van der Waals surface area contributed by atoms with Crippen LogP contribution in [0.5, 0.6) is 0 Å². The number of benzene rings is 1. The quantitative estimate of drug-likeness (QED) is 0.645. The largest absolute Gasteiger partial charge is 0.371 e. The molecule has 6 nitrogen and oxygen atoms in total. The molecular weight excluding hydrogens is 348 g/mol. The number of aryl methyl sites for hydroxylation is 1. The molecule has 0 radical (unpaired) electrons. The fourth-order valence-corrected chi connectivity index (χ4v) is 5.03. The molecule has 3 rings (SSSR count). The predicted octanol–water partition coefficient (Wildman–Crippen LogP) is 3.59. The molecule has 0 bridgehead atoms. The fraction of sp³-hybridized carbons (Fsp3) is 0.375. The Morgan fingerprint density at radius 3 is 2.83 bits per heavy atom. The van der Waals surface area contributed by atoms with E-state index in [0.29, 0.717) is 11.5 Å². The molecule has 8 heteroatoms. The van der Waals surface area contributed by atoms with Crippen molar-refractivity contribution in [3.05, 3.63) is 51.6 Å². The molecule has 1 aromatic heterocycles. The van der Waals surface area contributed by atoms with Gasteiger partial charge in [0, 0.05) is 24.8 Å². The maximum absolute atomic E-state index is 11.7. The van der Waals surface area contributed by atoms with Crippen molar-refractivity contribution >= 4 is 31.9 Å². The SMILES string of the molecule is CS(=O)(=O)c1cc([N+](=O)[O-])c(NCC2CCCc3ccccc32)s1. The maximum Gasteiger partial charge on any atom is 0.304 e. The molecule has 1 N–H and O–H groups in total. The van der Waals surface area contributed by atoms with Crippen molar-refractivity contribution in [1.29, 1.82) is 0 Å². The van der Waals surface area contributed by atoms with Gasteiger partial charge in [0.25, 0.3) is 0 Å². The molecule has 1 atom stereocenters. The van der Waals surface area contributed by atoms with Gasteiger partial charge in [0.05, 0.1) is 4.92 Å². The summed E-state index contributed by atoms with van der Waals surface area (Å²) in [5.41, 5.74) is 2.43. The van der Waals surface area contributed by atoms with Gasteiger partial charge in [-0.25, -0.2) is 8.42 Å². The Morgan fingerprint density at radius 2 is 2.12 bits per heavy atom. The third kappa shape index (κ3) is 3.44. The van der Waals surface area contributed by atoms with Crippen molar-refractivity contribution < 1.29 is 13.3 Å². The minimum absolute atomic E-state index is 0.0146. The van der Waals surface area contributed by atoms with Gasteiger partial charge in [-0.3, -0.25) is 10.1 Å². The van der Waals surface area contributed by atoms with Gasteiger partial charge in [-0.05, 0) is 30.4 Å². The second-order valence-corrected chi connectivity index (χ2v) is 9.27. The van der Waals surface area contributed by atoms with Crippen LogP contribution < -0.4 is 5.32 Å². The highest BCUT2D eigenvalue weighted by Gasteiger charge is 2.25. The molecule has 128 valence electrons. The summed E-state index contributed by atoms with van der Waals surface area (Å²) in [6.45, 7) is 0.557. The van der Waals surface area contributed by atoms with Crippen LogP contribution in [0.2, 0.25) is 0 Å². The van der Waals surface area contributed by atoms with Crippen molar-refractivity contribution in [2.24, 2.45) is 0 Å². The zero-order chi connectivity index (χ0) is 17.3. The van der Waals surface area contributed by atoms with Crippen molar-refractivity contribution in [1.82, 2.24) is 0 Å². The highest BCUT2D eigenvalue weighted by molar-refractivity contribution is 7.92. The molecule has 1 aliphatic rings. The molecule has 1 unspecified atom stereocenters. The van der Waals surface area contributed by atoms with Crippen molar-refractivity contribution in [2.75, 3.05) is 18.1 Å². The summed E-state index contributed by atoms with van der Waals surface area (Å²) in [5.74, 6) is 0.276. The molecule has 1 aliphatic carbocycles. The highest BCUT2D eigenvalue weighted by Crippen LogP contribution is 2.38. The van der Waals surface area contributed by atoms with E-state index in [-0.39, 0.29) is 15.8 Å². The summed E-state index contributed by atoms with van der Waals surface area (Å²) >= 11 is 0.924. The van der Waals surface area contributed by atoms with E-state index in [0.717, 1.165) is 42.9 Å². The number of nitro groups is 1. The van der Waals surface area contributed by atoms with Crippen LogP contribution in [0.25, 0.3) is 0 Å². The van der Waals surface area contributed by atoms with E-state index in [4.69, 9.17) is 0 Å². The predicted molar refractivity (Wildman–Crippen MR) is 94.7 cm³/mol. The van der Waals surface area contributed by atoms with Crippen molar-refractivity contribution in [3.63, 3.8) is 0 Å². The molecule has 1 heterocycles. The standard InChI is InChI=1S/C16H18N2O4S2/c1-24(21,22)15-9-14(18(19)20)16(23-15)17-10-12-7-4-6-11-5-2-3-8-13(11)12/h2-3,5,8-9,12,17H,4,6-7,10H2,1H3. The monoisotopic (exact) mass is 366 g/mol. The minimum Gasteiger partial charge on any atom is -0.371 e. The Balaban J connectivity index is 1.83. The van der Waals surface area contributed by atoms with Crippen LogP contribution in [-0.4, -0.2) is 26.1 Å². The summed E-state index contributed by atoms with van der Waals surface area (Å²) in [6, 6.07) is 9.39. The van der Waals surface area contributed by atoms with E-state index in [2.05, 4.69) is 17.4 Å². The number of fused-ring (bicyclic) bond motifs is 1. The average molecular weight is 366 g/mol. The lowest BCUT2D eigenvalue weighted by Gasteiger charge is -2.25. The summed E-state index contributed by atoms with van der Waals surface area (Å²) in [4.78, 5) is 10.6. The van der Waals surface area contributed by atoms with E-state index in [9.17, 15) is 18.5 Å². The van der Waals surface area contributed by atoms with Crippen LogP contribution in [-0.2, 0) is 16.3 Å². The van der Waals surface area contributed by atoms with Crippen LogP contribution in [0.3, 0.4) is 0 Å². The van der Waals surface area contributed by atoms with E-state index in [1.165, 1.54) is 11.1 Å². The number of nitrogens with zero attached hydrogens (tertiary/aromatic N) is 1. The van der Waals surface area contributed by atoms with Crippen LogP contribution >= 0.6 is 11.3 Å². The van der Waals surface area contributed by atoms with Gasteiger partial charge in [-0.15, -0.1) is 0 Å². The fourth-order valence-electron chi connectivity index (χ4n) is 3.09. The van der Waals surface area contributed by atoms with Crippen molar-refractivity contribution in [3.8, 4) is 0 Å². The Labute approximate surface area is 144 Å². The van der Waals surface area contributed by atoms with Crippen LogP contribution in [0.1, 0.15) is 29.9 Å². The summed E-state index contributed by atoms with van der Waals surface area (Å²) < 4.78 is 23.3. The number of nitrogens with one attached hydrogen (secondary N) is 1. The number of sulfone groups is 1. The zero-order valence-electron chi connectivity index (χ0n) is 13.2. The smallest absolute Gasteiger partial charge is 0.304 e. The lowest BCUT2D eigenvalue weighted by molar-refractivity contribution is -0.383. The topological polar surface area (TPSA) is 89.3 Å². The van der Waals surface area contributed by atoms with Gasteiger partial charge in [-0.1, -0.05) is 35.6 Å². The molecule has 24 heavy (non-hydrogen) atoms. The molecule has 0 aliphatic heterocycles. The number of hydrogen-bond acceptors (Lipinski definition) is 6. The summed E-state index contributed by atoms with van der Waals surface area (Å²) in [6.07, 6.45) is 4.22. The maximum atomic E-state index is 11.7. The Hall–Kier alpha value is -1.93. The van der Waals surface area contributed by atoms with Gasteiger partial charge in [-0.2, -0.15) is 0 Å². The molecule has 0 saturated carbocycles. The molecule has 0 fully saturated rings. The third-order valence-corrected chi connectivity index (χ3v) is 7.14. The van der Waals surface area contributed by atoms with Gasteiger partial charge in [0.1, 0.15) is 4.21 Å².